The number of methoxy groups -OCH3 is 3. The molecule has 0 unspecified atom stereocenters. The van der Waals surface area contributed by atoms with Gasteiger partial charge in [0, 0.05) is 0 Å². The van der Waals surface area contributed by atoms with E-state index < -0.39 is 15.7 Å². The summed E-state index contributed by atoms with van der Waals surface area (Å²) in [6.45, 7) is 1.49. The molecule has 0 atom stereocenters. The van der Waals surface area contributed by atoms with Gasteiger partial charge in [-0.1, -0.05) is 6.92 Å². The number of carbonyl (C=O) groups excluding carboxylic acids is 1. The average molecular weight is 438 g/mol. The van der Waals surface area contributed by atoms with Gasteiger partial charge in [0.25, 0.3) is 5.91 Å². The van der Waals surface area contributed by atoms with Crippen LogP contribution in [0.5, 0.6) is 17.2 Å². The van der Waals surface area contributed by atoms with Crippen molar-refractivity contribution in [2.75, 3.05) is 27.1 Å². The molecule has 0 spiro atoms. The van der Waals surface area contributed by atoms with Crippen molar-refractivity contribution in [2.24, 2.45) is 10.1 Å². The topological polar surface area (TPSA) is 131 Å². The zero-order chi connectivity index (χ0) is 21.3. The Morgan fingerprint density at radius 2 is 1.79 bits per heavy atom. The highest BCUT2D eigenvalue weighted by atomic mass is 32.3. The van der Waals surface area contributed by atoms with Crippen LogP contribution in [0.4, 0.5) is 0 Å². The van der Waals surface area contributed by atoms with E-state index in [-0.39, 0.29) is 26.7 Å². The van der Waals surface area contributed by atoms with Crippen molar-refractivity contribution in [3.05, 3.63) is 23.3 Å². The third-order valence-electron chi connectivity index (χ3n) is 4.08. The second kappa shape index (κ2) is 7.87. The molecule has 0 bridgehead atoms. The second-order valence-corrected chi connectivity index (χ2v) is 9.16. The number of fused-ring (bicyclic) bond motifs is 1. The first kappa shape index (κ1) is 20.9. The Balaban J connectivity index is 2.04. The molecule has 0 fully saturated rings. The van der Waals surface area contributed by atoms with E-state index in [1.165, 1.54) is 34.3 Å². The Morgan fingerprint density at radius 1 is 1.17 bits per heavy atom. The number of carbonyl (C=O) groups is 1. The maximum Gasteiger partial charge on any atom is 0.283 e. The average Bonchev–Trinajstić information content (AvgIpc) is 3.15. The lowest BCUT2D eigenvalue weighted by Crippen LogP contribution is -2.35. The number of hydrazone groups is 1. The predicted octanol–water partition coefficient (Wildman–Crippen LogP) is 1.72. The Bertz CT molecular complexity index is 1070. The van der Waals surface area contributed by atoms with Crippen LogP contribution in [0.1, 0.15) is 12.5 Å². The molecule has 2 heterocycles. The number of amidine groups is 2. The molecule has 2 aliphatic heterocycles. The first-order chi connectivity index (χ1) is 13.7. The Morgan fingerprint density at radius 3 is 2.31 bits per heavy atom. The monoisotopic (exact) mass is 438 g/mol. The maximum absolute atomic E-state index is 12.5. The second-order valence-electron chi connectivity index (χ2n) is 5.75. The lowest BCUT2D eigenvalue weighted by molar-refractivity contribution is -0.114. The highest BCUT2D eigenvalue weighted by Crippen LogP contribution is 2.39. The fourth-order valence-corrected chi connectivity index (χ4v) is 4.74. The molecule has 1 aromatic rings. The van der Waals surface area contributed by atoms with E-state index in [0.717, 1.165) is 16.8 Å². The molecule has 0 saturated carbocycles. The van der Waals surface area contributed by atoms with Crippen LogP contribution in [-0.2, 0) is 14.6 Å². The molecule has 3 rings (SSSR count). The van der Waals surface area contributed by atoms with Gasteiger partial charge in [0.05, 0.1) is 32.7 Å². The molecule has 12 heteroatoms. The van der Waals surface area contributed by atoms with Crippen molar-refractivity contribution in [1.82, 2.24) is 5.01 Å². The fraction of sp³-hybridized carbons (Fsp3) is 0.294. The number of rotatable bonds is 5. The van der Waals surface area contributed by atoms with Gasteiger partial charge >= 0.3 is 0 Å². The molecule has 0 aromatic heterocycles. The SMILES string of the molecule is CCS(=O)(=O)C1=NN2C(=N)/C(=C/c3cc(OC)c(OC)c(OC)c3)C(=O)N=C2S1. The van der Waals surface area contributed by atoms with Gasteiger partial charge in [-0.15, -0.1) is 5.10 Å². The van der Waals surface area contributed by atoms with Crippen LogP contribution in [0.25, 0.3) is 6.08 Å². The van der Waals surface area contributed by atoms with E-state index in [0.29, 0.717) is 22.8 Å². The van der Waals surface area contributed by atoms with Crippen molar-refractivity contribution in [3.8, 4) is 17.2 Å². The smallest absolute Gasteiger partial charge is 0.283 e. The van der Waals surface area contributed by atoms with E-state index >= 15 is 0 Å². The summed E-state index contributed by atoms with van der Waals surface area (Å²) in [5, 5.41) is 13.4. The number of nitrogens with one attached hydrogen (secondary N) is 1. The van der Waals surface area contributed by atoms with Crippen molar-refractivity contribution < 1.29 is 27.4 Å². The number of amides is 1. The van der Waals surface area contributed by atoms with Crippen molar-refractivity contribution in [3.63, 3.8) is 0 Å². The number of ether oxygens (including phenoxy) is 3. The van der Waals surface area contributed by atoms with Crippen LogP contribution in [0.15, 0.2) is 27.8 Å². The largest absolute Gasteiger partial charge is 0.493 e. The van der Waals surface area contributed by atoms with Crippen LogP contribution in [0.2, 0.25) is 0 Å². The van der Waals surface area contributed by atoms with E-state index in [1.807, 2.05) is 0 Å². The van der Waals surface area contributed by atoms with Gasteiger partial charge in [-0.3, -0.25) is 10.2 Å². The summed E-state index contributed by atoms with van der Waals surface area (Å²) in [6, 6.07) is 3.23. The predicted molar refractivity (Wildman–Crippen MR) is 111 cm³/mol. The Hall–Kier alpha value is -2.86. The summed E-state index contributed by atoms with van der Waals surface area (Å²) in [5.41, 5.74) is 0.450. The maximum atomic E-state index is 12.5. The van der Waals surface area contributed by atoms with Gasteiger partial charge in [-0.05, 0) is 35.5 Å². The number of aliphatic imine (C=N–C) groups is 1. The molecule has 0 radical (unpaired) electrons. The van der Waals surface area contributed by atoms with Gasteiger partial charge in [-0.25, -0.2) is 8.42 Å². The standard InChI is InChI=1S/C17H18N4O6S2/c1-5-29(23,24)17-20-21-14(18)10(15(22)19-16(21)28-17)6-9-7-11(25-2)13(27-4)12(8-9)26-3/h6-8,18H,5H2,1-4H3/b10-6-,18-14?. The number of hydrogen-bond donors (Lipinski definition) is 1. The minimum absolute atomic E-state index is 0.0362. The van der Waals surface area contributed by atoms with E-state index in [2.05, 4.69) is 10.1 Å². The van der Waals surface area contributed by atoms with Crippen LogP contribution >= 0.6 is 11.8 Å². The Labute approximate surface area is 171 Å². The molecule has 0 saturated heterocycles. The molecular formula is C17H18N4O6S2. The molecular weight excluding hydrogens is 420 g/mol. The molecule has 10 nitrogen and oxygen atoms in total. The zero-order valence-electron chi connectivity index (χ0n) is 16.0. The third kappa shape index (κ3) is 3.72. The molecule has 1 aromatic carbocycles. The van der Waals surface area contributed by atoms with Crippen molar-refractivity contribution in [2.45, 2.75) is 6.92 Å². The first-order valence-electron chi connectivity index (χ1n) is 8.28. The van der Waals surface area contributed by atoms with Crippen LogP contribution in [-0.4, -0.2) is 61.8 Å². The molecule has 0 aliphatic carbocycles. The lowest BCUT2D eigenvalue weighted by Gasteiger charge is -2.20. The molecule has 1 N–H and O–H groups in total. The first-order valence-corrected chi connectivity index (χ1v) is 10.8. The minimum Gasteiger partial charge on any atom is -0.493 e. The van der Waals surface area contributed by atoms with Gasteiger partial charge in [0.2, 0.25) is 25.1 Å². The number of sulfone groups is 1. The van der Waals surface area contributed by atoms with Crippen LogP contribution < -0.4 is 14.2 Å². The van der Waals surface area contributed by atoms with Gasteiger partial charge < -0.3 is 14.2 Å². The summed E-state index contributed by atoms with van der Waals surface area (Å²) >= 11 is 0.752. The number of nitrogens with zero attached hydrogens (tertiary/aromatic N) is 3. The minimum atomic E-state index is -3.58. The molecule has 154 valence electrons. The fourth-order valence-electron chi connectivity index (χ4n) is 2.58. The summed E-state index contributed by atoms with van der Waals surface area (Å²) in [7, 11) is 0.815. The van der Waals surface area contributed by atoms with Crippen molar-refractivity contribution >= 4 is 49.0 Å². The number of benzene rings is 1. The quantitative estimate of drug-likeness (QED) is 0.688. The van der Waals surface area contributed by atoms with E-state index in [4.69, 9.17) is 19.6 Å². The highest BCUT2D eigenvalue weighted by Gasteiger charge is 2.39. The molecule has 1 amide bonds. The lowest BCUT2D eigenvalue weighted by atomic mass is 10.1. The summed E-state index contributed by atoms with van der Waals surface area (Å²) in [5.74, 6) is 0.0513. The Kier molecular flexibility index (Phi) is 5.66. The van der Waals surface area contributed by atoms with Crippen molar-refractivity contribution in [1.29, 1.82) is 5.41 Å². The summed E-state index contributed by atoms with van der Waals surface area (Å²) < 4.78 is 39.8. The van der Waals surface area contributed by atoms with Gasteiger partial charge in [0.15, 0.2) is 17.3 Å². The summed E-state index contributed by atoms with van der Waals surface area (Å²) in [4.78, 5) is 16.4. The van der Waals surface area contributed by atoms with E-state index in [1.54, 1.807) is 12.1 Å². The summed E-state index contributed by atoms with van der Waals surface area (Å²) in [6.07, 6.45) is 1.43. The normalized spacial score (nSPS) is 17.8. The van der Waals surface area contributed by atoms with Crippen LogP contribution in [0, 0.1) is 5.41 Å². The van der Waals surface area contributed by atoms with Crippen LogP contribution in [0.3, 0.4) is 0 Å². The third-order valence-corrected chi connectivity index (χ3v) is 7.17. The van der Waals surface area contributed by atoms with Gasteiger partial charge in [0.1, 0.15) is 0 Å². The number of hydrogen-bond acceptors (Lipinski definition) is 9. The van der Waals surface area contributed by atoms with Gasteiger partial charge in [-0.2, -0.15) is 10.0 Å². The molecule has 2 aliphatic rings. The van der Waals surface area contributed by atoms with E-state index in [9.17, 15) is 13.2 Å². The zero-order valence-corrected chi connectivity index (χ0v) is 17.7. The number of thioether (sulfide) groups is 1. The highest BCUT2D eigenvalue weighted by molar-refractivity contribution is 8.42. The molecule has 29 heavy (non-hydrogen) atoms.